The van der Waals surface area contributed by atoms with Crippen LogP contribution in [0.3, 0.4) is 0 Å². The van der Waals surface area contributed by atoms with Gasteiger partial charge in [-0.3, -0.25) is 4.90 Å². The standard InChI is InChI=1S/C28H33NO2/c1-27-13-5-8-24-28(27)14-15-29(17-19-9-10-19)23(27)16-21-11-12-22(26(31-24)25(21)28)30-18-20-6-3-2-4-7-20/h2-4,6-7,11-12,19,23-24H,5,8-10,13-18H2,1H3/t23-,24+,27+,28-/m1/s1. The van der Waals surface area contributed by atoms with Gasteiger partial charge in [-0.05, 0) is 80.0 Å². The molecule has 2 heterocycles. The minimum atomic E-state index is 0.186. The molecule has 0 unspecified atom stereocenters. The number of nitrogens with zero attached hydrogens (tertiary/aromatic N) is 1. The maximum absolute atomic E-state index is 6.85. The van der Waals surface area contributed by atoms with Gasteiger partial charge in [0.25, 0.3) is 0 Å². The van der Waals surface area contributed by atoms with Crippen LogP contribution in [0, 0.1) is 11.3 Å². The molecule has 2 aromatic rings. The Bertz CT molecular complexity index is 1020. The molecule has 3 heteroatoms. The van der Waals surface area contributed by atoms with Gasteiger partial charge in [-0.15, -0.1) is 0 Å². The summed E-state index contributed by atoms with van der Waals surface area (Å²) < 4.78 is 13.2. The van der Waals surface area contributed by atoms with Gasteiger partial charge in [0.15, 0.2) is 11.5 Å². The SMILES string of the molecule is C[C@@]12CCC[C@@H]3Oc4c(OCc5ccccc5)ccc5c4[C@@]31CCN(CC1CC1)[C@@H]2C5. The maximum atomic E-state index is 6.85. The first-order chi connectivity index (χ1) is 15.2. The summed E-state index contributed by atoms with van der Waals surface area (Å²) >= 11 is 0. The molecule has 1 spiro atoms. The second kappa shape index (κ2) is 6.51. The molecule has 0 amide bonds. The fourth-order valence-corrected chi connectivity index (χ4v) is 7.80. The summed E-state index contributed by atoms with van der Waals surface area (Å²) in [5.74, 6) is 3.00. The Hall–Kier alpha value is -2.00. The molecular formula is C28H33NO2. The van der Waals surface area contributed by atoms with Crippen molar-refractivity contribution in [1.29, 1.82) is 0 Å². The average molecular weight is 416 g/mol. The van der Waals surface area contributed by atoms with Crippen LogP contribution in [0.5, 0.6) is 11.5 Å². The first kappa shape index (κ1) is 18.6. The first-order valence-electron chi connectivity index (χ1n) is 12.4. The van der Waals surface area contributed by atoms with Gasteiger partial charge in [0, 0.05) is 23.6 Å². The van der Waals surface area contributed by atoms with Crippen LogP contribution in [0.2, 0.25) is 0 Å². The second-order valence-electron chi connectivity index (χ2n) is 11.0. The van der Waals surface area contributed by atoms with Crippen molar-refractivity contribution in [2.75, 3.05) is 13.1 Å². The fourth-order valence-electron chi connectivity index (χ4n) is 7.80. The average Bonchev–Trinajstić information content (AvgIpc) is 3.53. The number of benzene rings is 2. The Kier molecular flexibility index (Phi) is 3.90. The van der Waals surface area contributed by atoms with Crippen LogP contribution >= 0.6 is 0 Å². The molecule has 3 aliphatic carbocycles. The summed E-state index contributed by atoms with van der Waals surface area (Å²) in [5, 5.41) is 0. The summed E-state index contributed by atoms with van der Waals surface area (Å²) in [6.07, 6.45) is 9.47. The van der Waals surface area contributed by atoms with Crippen LogP contribution in [0.15, 0.2) is 42.5 Å². The van der Waals surface area contributed by atoms with Crippen molar-refractivity contribution in [3.63, 3.8) is 0 Å². The normalized spacial score (nSPS) is 35.4. The molecule has 4 atom stereocenters. The van der Waals surface area contributed by atoms with Crippen LogP contribution in [0.1, 0.15) is 62.1 Å². The topological polar surface area (TPSA) is 21.7 Å². The number of hydrogen-bond acceptors (Lipinski definition) is 3. The Morgan fingerprint density at radius 2 is 1.94 bits per heavy atom. The Morgan fingerprint density at radius 1 is 1.06 bits per heavy atom. The molecule has 2 aromatic carbocycles. The highest BCUT2D eigenvalue weighted by molar-refractivity contribution is 5.62. The largest absolute Gasteiger partial charge is 0.485 e. The van der Waals surface area contributed by atoms with Crippen molar-refractivity contribution in [2.24, 2.45) is 11.3 Å². The third-order valence-electron chi connectivity index (χ3n) is 9.45. The molecule has 3 fully saturated rings. The highest BCUT2D eigenvalue weighted by Crippen LogP contribution is 2.69. The van der Waals surface area contributed by atoms with E-state index >= 15 is 0 Å². The molecule has 3 nitrogen and oxygen atoms in total. The molecule has 31 heavy (non-hydrogen) atoms. The monoisotopic (exact) mass is 415 g/mol. The van der Waals surface area contributed by atoms with Gasteiger partial charge in [-0.2, -0.15) is 0 Å². The summed E-state index contributed by atoms with van der Waals surface area (Å²) in [6.45, 7) is 5.78. The molecule has 2 bridgehead atoms. The van der Waals surface area contributed by atoms with Crippen molar-refractivity contribution < 1.29 is 9.47 Å². The van der Waals surface area contributed by atoms with Crippen molar-refractivity contribution >= 4 is 0 Å². The van der Waals surface area contributed by atoms with Gasteiger partial charge < -0.3 is 9.47 Å². The van der Waals surface area contributed by atoms with Gasteiger partial charge in [-0.25, -0.2) is 0 Å². The lowest BCUT2D eigenvalue weighted by atomic mass is 9.44. The lowest BCUT2D eigenvalue weighted by Gasteiger charge is -2.64. The summed E-state index contributed by atoms with van der Waals surface area (Å²) in [4.78, 5) is 2.88. The third-order valence-corrected chi connectivity index (χ3v) is 9.45. The van der Waals surface area contributed by atoms with Crippen molar-refractivity contribution in [1.82, 2.24) is 4.90 Å². The zero-order valence-corrected chi connectivity index (χ0v) is 18.6. The molecule has 0 N–H and O–H groups in total. The van der Waals surface area contributed by atoms with Gasteiger partial charge in [0.1, 0.15) is 12.7 Å². The van der Waals surface area contributed by atoms with Crippen molar-refractivity contribution in [3.8, 4) is 11.5 Å². The third kappa shape index (κ3) is 2.50. The van der Waals surface area contributed by atoms with Crippen molar-refractivity contribution in [3.05, 3.63) is 59.2 Å². The van der Waals surface area contributed by atoms with Crippen LogP contribution < -0.4 is 9.47 Å². The quantitative estimate of drug-likeness (QED) is 0.644. The lowest BCUT2D eigenvalue weighted by Crippen LogP contribution is -2.70. The van der Waals surface area contributed by atoms with E-state index in [-0.39, 0.29) is 5.41 Å². The Morgan fingerprint density at radius 3 is 2.77 bits per heavy atom. The summed E-state index contributed by atoms with van der Waals surface area (Å²) in [5.41, 5.74) is 4.78. The predicted octanol–water partition coefficient (Wildman–Crippen LogP) is 5.50. The van der Waals surface area contributed by atoms with Crippen LogP contribution in [-0.2, 0) is 18.4 Å². The number of likely N-dealkylation sites (tertiary alicyclic amines) is 1. The summed E-state index contributed by atoms with van der Waals surface area (Å²) in [6, 6.07) is 15.7. The number of piperidine rings is 1. The van der Waals surface area contributed by atoms with Gasteiger partial charge >= 0.3 is 0 Å². The smallest absolute Gasteiger partial charge is 0.165 e. The van der Waals surface area contributed by atoms with E-state index in [1.54, 1.807) is 0 Å². The van der Waals surface area contributed by atoms with Crippen LogP contribution in [-0.4, -0.2) is 30.1 Å². The Balaban J connectivity index is 1.30. The summed E-state index contributed by atoms with van der Waals surface area (Å²) in [7, 11) is 0. The zero-order chi connectivity index (χ0) is 20.6. The highest BCUT2D eigenvalue weighted by Gasteiger charge is 2.69. The van der Waals surface area contributed by atoms with Crippen LogP contribution in [0.25, 0.3) is 0 Å². The molecule has 2 saturated carbocycles. The second-order valence-corrected chi connectivity index (χ2v) is 11.0. The molecule has 2 aliphatic heterocycles. The van der Waals surface area contributed by atoms with E-state index in [1.165, 1.54) is 74.7 Å². The van der Waals surface area contributed by atoms with E-state index < -0.39 is 0 Å². The van der Waals surface area contributed by atoms with Gasteiger partial charge in [0.05, 0.1) is 0 Å². The molecule has 7 rings (SSSR count). The minimum Gasteiger partial charge on any atom is -0.485 e. The highest BCUT2D eigenvalue weighted by atomic mass is 16.5. The lowest BCUT2D eigenvalue weighted by molar-refractivity contribution is -0.115. The maximum Gasteiger partial charge on any atom is 0.165 e. The predicted molar refractivity (Wildman–Crippen MR) is 122 cm³/mol. The van der Waals surface area contributed by atoms with E-state index in [1.807, 2.05) is 0 Å². The molecular weight excluding hydrogens is 382 g/mol. The molecule has 5 aliphatic rings. The zero-order valence-electron chi connectivity index (χ0n) is 18.6. The van der Waals surface area contributed by atoms with E-state index in [9.17, 15) is 0 Å². The molecule has 1 saturated heterocycles. The van der Waals surface area contributed by atoms with Crippen LogP contribution in [0.4, 0.5) is 0 Å². The van der Waals surface area contributed by atoms with E-state index in [4.69, 9.17) is 9.47 Å². The minimum absolute atomic E-state index is 0.186. The fraction of sp³-hybridized carbons (Fsp3) is 0.571. The first-order valence-corrected chi connectivity index (χ1v) is 12.4. The number of rotatable bonds is 5. The molecule has 0 radical (unpaired) electrons. The van der Waals surface area contributed by atoms with E-state index in [0.29, 0.717) is 24.2 Å². The number of ether oxygens (including phenoxy) is 2. The number of hydrogen-bond donors (Lipinski definition) is 0. The van der Waals surface area contributed by atoms with E-state index in [2.05, 4.69) is 54.3 Å². The van der Waals surface area contributed by atoms with Crippen molar-refractivity contribution in [2.45, 2.75) is 76.0 Å². The Labute approximate surface area is 185 Å². The van der Waals surface area contributed by atoms with E-state index in [0.717, 1.165) is 17.4 Å². The molecule has 0 aromatic heterocycles. The van der Waals surface area contributed by atoms with Gasteiger partial charge in [-0.1, -0.05) is 43.3 Å². The van der Waals surface area contributed by atoms with Gasteiger partial charge in [0.2, 0.25) is 0 Å². The molecule has 162 valence electrons.